The minimum atomic E-state index is -0.323. The van der Waals surface area contributed by atoms with Gasteiger partial charge in [0.1, 0.15) is 11.5 Å². The topological polar surface area (TPSA) is 58.6 Å². The normalized spacial score (nSPS) is 10.3. The Morgan fingerprint density at radius 2 is 1.77 bits per heavy atom. The predicted octanol–water partition coefficient (Wildman–Crippen LogP) is 3.78. The molecule has 2 aromatic carbocycles. The lowest BCUT2D eigenvalue weighted by molar-refractivity contribution is 0.102. The van der Waals surface area contributed by atoms with Gasteiger partial charge in [0.2, 0.25) is 0 Å². The molecule has 22 heavy (non-hydrogen) atoms. The van der Waals surface area contributed by atoms with Crippen molar-refractivity contribution in [1.29, 1.82) is 0 Å². The smallest absolute Gasteiger partial charge is 0.259 e. The molecule has 4 nitrogen and oxygen atoms in total. The number of anilines is 1. The van der Waals surface area contributed by atoms with E-state index in [0.717, 1.165) is 29.7 Å². The van der Waals surface area contributed by atoms with Crippen LogP contribution in [0, 0.1) is 0 Å². The Bertz CT molecular complexity index is 658. The first-order valence-electron chi connectivity index (χ1n) is 7.39. The van der Waals surface area contributed by atoms with Gasteiger partial charge < -0.3 is 15.2 Å². The van der Waals surface area contributed by atoms with Gasteiger partial charge in [0.25, 0.3) is 5.91 Å². The van der Waals surface area contributed by atoms with Gasteiger partial charge in [0.15, 0.2) is 0 Å². The highest BCUT2D eigenvalue weighted by molar-refractivity contribution is 6.07. The fraction of sp³-hybridized carbons (Fsp3) is 0.278. The monoisotopic (exact) mass is 299 g/mol. The fourth-order valence-corrected chi connectivity index (χ4v) is 2.41. The summed E-state index contributed by atoms with van der Waals surface area (Å²) in [6.45, 7) is 4.10. The summed E-state index contributed by atoms with van der Waals surface area (Å²) in [4.78, 5) is 12.5. The van der Waals surface area contributed by atoms with Crippen LogP contribution in [0.1, 0.15) is 35.3 Å². The lowest BCUT2D eigenvalue weighted by Crippen LogP contribution is -2.15. The van der Waals surface area contributed by atoms with Gasteiger partial charge in [0, 0.05) is 11.8 Å². The number of aromatic hydroxyl groups is 1. The van der Waals surface area contributed by atoms with Crippen LogP contribution in [0.5, 0.6) is 11.5 Å². The number of amides is 1. The molecule has 0 unspecified atom stereocenters. The molecule has 116 valence electrons. The van der Waals surface area contributed by atoms with Crippen molar-refractivity contribution in [2.24, 2.45) is 0 Å². The summed E-state index contributed by atoms with van der Waals surface area (Å²) in [5, 5.41) is 12.9. The minimum Gasteiger partial charge on any atom is -0.507 e. The first-order chi connectivity index (χ1) is 10.6. The zero-order valence-electron chi connectivity index (χ0n) is 13.1. The van der Waals surface area contributed by atoms with Crippen molar-refractivity contribution >= 4 is 11.6 Å². The molecule has 0 saturated heterocycles. The van der Waals surface area contributed by atoms with Crippen molar-refractivity contribution in [2.75, 3.05) is 12.4 Å². The highest BCUT2D eigenvalue weighted by Gasteiger charge is 2.15. The molecule has 2 aromatic rings. The minimum absolute atomic E-state index is 0.0936. The third kappa shape index (κ3) is 3.22. The number of benzene rings is 2. The van der Waals surface area contributed by atoms with E-state index in [1.165, 1.54) is 13.2 Å². The third-order valence-electron chi connectivity index (χ3n) is 3.69. The van der Waals surface area contributed by atoms with Crippen LogP contribution in [0.2, 0.25) is 0 Å². The molecule has 0 spiro atoms. The van der Waals surface area contributed by atoms with Gasteiger partial charge in [-0.1, -0.05) is 32.0 Å². The molecule has 2 N–H and O–H groups in total. The summed E-state index contributed by atoms with van der Waals surface area (Å²) in [6, 6.07) is 10.6. The van der Waals surface area contributed by atoms with Crippen molar-refractivity contribution in [3.63, 3.8) is 0 Å². The van der Waals surface area contributed by atoms with E-state index < -0.39 is 0 Å². The molecule has 2 rings (SSSR count). The average Bonchev–Trinajstić information content (AvgIpc) is 2.54. The zero-order chi connectivity index (χ0) is 16.1. The fourth-order valence-electron chi connectivity index (χ4n) is 2.41. The second kappa shape index (κ2) is 6.98. The Labute approximate surface area is 130 Å². The first-order valence-corrected chi connectivity index (χ1v) is 7.39. The number of aryl methyl sites for hydroxylation is 2. The van der Waals surface area contributed by atoms with E-state index >= 15 is 0 Å². The molecule has 0 aromatic heterocycles. The second-order valence-corrected chi connectivity index (χ2v) is 5.00. The van der Waals surface area contributed by atoms with Gasteiger partial charge in [0.05, 0.1) is 12.7 Å². The summed E-state index contributed by atoms with van der Waals surface area (Å²) in [5.41, 5.74) is 3.24. The SMILES string of the molecule is CCc1cccc(CC)c1NC(=O)c1ccc(OC)cc1O. The van der Waals surface area contributed by atoms with Gasteiger partial charge >= 0.3 is 0 Å². The number of hydrogen-bond donors (Lipinski definition) is 2. The molecule has 0 bridgehead atoms. The molecular weight excluding hydrogens is 278 g/mol. The van der Waals surface area contributed by atoms with Crippen molar-refractivity contribution in [1.82, 2.24) is 0 Å². The predicted molar refractivity (Wildman–Crippen MR) is 87.8 cm³/mol. The van der Waals surface area contributed by atoms with E-state index in [1.807, 2.05) is 18.2 Å². The summed E-state index contributed by atoms with van der Waals surface area (Å²) in [7, 11) is 1.51. The maximum Gasteiger partial charge on any atom is 0.259 e. The van der Waals surface area contributed by atoms with E-state index in [0.29, 0.717) is 5.75 Å². The van der Waals surface area contributed by atoms with Crippen LogP contribution >= 0.6 is 0 Å². The van der Waals surface area contributed by atoms with Crippen LogP contribution < -0.4 is 10.1 Å². The maximum atomic E-state index is 12.5. The highest BCUT2D eigenvalue weighted by atomic mass is 16.5. The van der Waals surface area contributed by atoms with Gasteiger partial charge in [-0.05, 0) is 36.1 Å². The van der Waals surface area contributed by atoms with Crippen LogP contribution in [0.3, 0.4) is 0 Å². The van der Waals surface area contributed by atoms with Gasteiger partial charge in [-0.25, -0.2) is 0 Å². The van der Waals surface area contributed by atoms with E-state index in [4.69, 9.17) is 4.74 Å². The quantitative estimate of drug-likeness (QED) is 0.883. The number of carbonyl (C=O) groups is 1. The van der Waals surface area contributed by atoms with Crippen molar-refractivity contribution in [2.45, 2.75) is 26.7 Å². The Hall–Kier alpha value is -2.49. The maximum absolute atomic E-state index is 12.5. The number of phenols is 1. The van der Waals surface area contributed by atoms with Crippen molar-refractivity contribution in [3.05, 3.63) is 53.1 Å². The van der Waals surface area contributed by atoms with Crippen molar-refractivity contribution in [3.8, 4) is 11.5 Å². The molecule has 1 amide bonds. The Kier molecular flexibility index (Phi) is 5.04. The van der Waals surface area contributed by atoms with Gasteiger partial charge in [-0.2, -0.15) is 0 Å². The highest BCUT2D eigenvalue weighted by Crippen LogP contribution is 2.27. The number of carbonyl (C=O) groups excluding carboxylic acids is 1. The van der Waals surface area contributed by atoms with Crippen LogP contribution in [-0.4, -0.2) is 18.1 Å². The molecule has 0 radical (unpaired) electrons. The average molecular weight is 299 g/mol. The largest absolute Gasteiger partial charge is 0.507 e. The molecular formula is C18H21NO3. The number of nitrogens with one attached hydrogen (secondary N) is 1. The summed E-state index contributed by atoms with van der Waals surface area (Å²) in [6.07, 6.45) is 1.66. The first kappa shape index (κ1) is 15.9. The van der Waals surface area contributed by atoms with Crippen LogP contribution in [0.25, 0.3) is 0 Å². The molecule has 0 atom stereocenters. The van der Waals surface area contributed by atoms with Gasteiger partial charge in [-0.15, -0.1) is 0 Å². The van der Waals surface area contributed by atoms with Crippen LogP contribution in [0.15, 0.2) is 36.4 Å². The molecule has 0 aliphatic heterocycles. The molecule has 0 aliphatic carbocycles. The molecule has 4 heteroatoms. The Morgan fingerprint density at radius 3 is 2.27 bits per heavy atom. The Morgan fingerprint density at radius 1 is 1.14 bits per heavy atom. The Balaban J connectivity index is 2.33. The van der Waals surface area contributed by atoms with E-state index in [9.17, 15) is 9.90 Å². The number of methoxy groups -OCH3 is 1. The summed E-state index contributed by atoms with van der Waals surface area (Å²) < 4.78 is 5.03. The number of hydrogen-bond acceptors (Lipinski definition) is 3. The summed E-state index contributed by atoms with van der Waals surface area (Å²) >= 11 is 0. The van der Waals surface area contributed by atoms with Gasteiger partial charge in [-0.3, -0.25) is 4.79 Å². The summed E-state index contributed by atoms with van der Waals surface area (Å²) in [5.74, 6) is 0.0943. The number of rotatable bonds is 5. The number of ether oxygens (including phenoxy) is 1. The second-order valence-electron chi connectivity index (χ2n) is 5.00. The van der Waals surface area contributed by atoms with E-state index in [-0.39, 0.29) is 17.2 Å². The number of para-hydroxylation sites is 1. The van der Waals surface area contributed by atoms with Crippen molar-refractivity contribution < 1.29 is 14.6 Å². The molecule has 0 aliphatic rings. The lowest BCUT2D eigenvalue weighted by atomic mass is 10.0. The van der Waals surface area contributed by atoms with E-state index in [2.05, 4.69) is 19.2 Å². The molecule has 0 saturated carbocycles. The number of phenolic OH excluding ortho intramolecular Hbond substituents is 1. The molecule has 0 fully saturated rings. The van der Waals surface area contributed by atoms with Crippen LogP contribution in [-0.2, 0) is 12.8 Å². The van der Waals surface area contributed by atoms with Crippen LogP contribution in [0.4, 0.5) is 5.69 Å². The zero-order valence-corrected chi connectivity index (χ0v) is 13.1. The standard InChI is InChI=1S/C18H21NO3/c1-4-12-7-6-8-13(5-2)17(12)19-18(21)15-10-9-14(22-3)11-16(15)20/h6-11,20H,4-5H2,1-3H3,(H,19,21). The third-order valence-corrected chi connectivity index (χ3v) is 3.69. The van der Waals surface area contributed by atoms with E-state index in [1.54, 1.807) is 12.1 Å². The lowest BCUT2D eigenvalue weighted by Gasteiger charge is -2.15. The molecule has 0 heterocycles.